The molecule has 3 N–H and O–H groups in total. The molecule has 44 heavy (non-hydrogen) atoms. The van der Waals surface area contributed by atoms with Crippen molar-refractivity contribution in [3.8, 4) is 0 Å². The van der Waals surface area contributed by atoms with Crippen LogP contribution in [0.25, 0.3) is 10.9 Å². The number of fused-ring (bicyclic) bond motifs is 1. The van der Waals surface area contributed by atoms with Crippen LogP contribution in [0.2, 0.25) is 0 Å². The molecular formula is C35H48N6O3. The van der Waals surface area contributed by atoms with Gasteiger partial charge in [-0.1, -0.05) is 50.2 Å². The topological polar surface area (TPSA) is 107 Å². The molecule has 3 amide bonds. The zero-order chi connectivity index (χ0) is 31.5. The molecule has 4 rings (SSSR count). The van der Waals surface area contributed by atoms with E-state index in [1.54, 1.807) is 29.2 Å². The number of pyridine rings is 1. The Morgan fingerprint density at radius 3 is 2.18 bits per heavy atom. The Hall–Kier alpha value is -4.14. The monoisotopic (exact) mass is 600 g/mol. The van der Waals surface area contributed by atoms with Crippen LogP contribution in [-0.4, -0.2) is 72.9 Å². The average molecular weight is 601 g/mol. The largest absolute Gasteiger partial charge is 0.377 e. The lowest BCUT2D eigenvalue weighted by atomic mass is 9.91. The highest BCUT2D eigenvalue weighted by Gasteiger charge is 2.28. The van der Waals surface area contributed by atoms with E-state index in [0.29, 0.717) is 18.7 Å². The van der Waals surface area contributed by atoms with Crippen LogP contribution in [0.15, 0.2) is 60.7 Å². The molecule has 0 aliphatic heterocycles. The van der Waals surface area contributed by atoms with E-state index in [-0.39, 0.29) is 42.6 Å². The standard InChI is InChI=1S/C35H48N6O3/c1-5-22-41(23-6-2)35(44)30(39-34(43)25-12-8-7-9-13-25)20-21-33(42)37-27-18-16-26(17-19-27)36-32-24-31(40(3)4)28-14-10-11-15-29(28)38-32/h7-15,24,26-27,30H,5-6,16-23H2,1-4H3,(H,36,38)(H,37,42)(H,39,43)/t26-,27+,30-/m0/s1. The number of hydrogen-bond donors (Lipinski definition) is 3. The molecule has 9 nitrogen and oxygen atoms in total. The van der Waals surface area contributed by atoms with Gasteiger partial charge in [-0.25, -0.2) is 4.98 Å². The Labute approximate surface area is 261 Å². The summed E-state index contributed by atoms with van der Waals surface area (Å²) in [7, 11) is 4.09. The fourth-order valence-electron chi connectivity index (χ4n) is 5.95. The molecule has 1 fully saturated rings. The molecule has 1 heterocycles. The molecule has 9 heteroatoms. The third-order valence-electron chi connectivity index (χ3n) is 8.22. The van der Waals surface area contributed by atoms with E-state index in [9.17, 15) is 14.4 Å². The first-order chi connectivity index (χ1) is 21.3. The number of anilines is 2. The number of carbonyl (C=O) groups excluding carboxylic acids is 3. The van der Waals surface area contributed by atoms with E-state index in [0.717, 1.165) is 60.9 Å². The minimum absolute atomic E-state index is 0.0856. The third-order valence-corrected chi connectivity index (χ3v) is 8.22. The minimum Gasteiger partial charge on any atom is -0.377 e. The predicted molar refractivity (Wildman–Crippen MR) is 178 cm³/mol. The van der Waals surface area contributed by atoms with Gasteiger partial charge >= 0.3 is 0 Å². The molecule has 1 aliphatic rings. The summed E-state index contributed by atoms with van der Waals surface area (Å²) in [6.45, 7) is 5.31. The highest BCUT2D eigenvalue weighted by atomic mass is 16.2. The summed E-state index contributed by atoms with van der Waals surface area (Å²) in [5.74, 6) is 0.352. The molecule has 3 aromatic rings. The zero-order valence-electron chi connectivity index (χ0n) is 26.6. The molecule has 0 radical (unpaired) electrons. The lowest BCUT2D eigenvalue weighted by Gasteiger charge is -2.31. The van der Waals surface area contributed by atoms with Gasteiger partial charge in [-0.2, -0.15) is 0 Å². The van der Waals surface area contributed by atoms with Gasteiger partial charge in [-0.3, -0.25) is 14.4 Å². The molecule has 1 aliphatic carbocycles. The maximum Gasteiger partial charge on any atom is 0.251 e. The van der Waals surface area contributed by atoms with Crippen LogP contribution >= 0.6 is 0 Å². The first-order valence-electron chi connectivity index (χ1n) is 16.1. The van der Waals surface area contributed by atoms with E-state index in [1.165, 1.54) is 0 Å². The van der Waals surface area contributed by atoms with Crippen LogP contribution in [0.5, 0.6) is 0 Å². The minimum atomic E-state index is -0.756. The third kappa shape index (κ3) is 8.94. The number of carbonyl (C=O) groups is 3. The van der Waals surface area contributed by atoms with Crippen molar-refractivity contribution in [2.75, 3.05) is 37.4 Å². The molecular weight excluding hydrogens is 552 g/mol. The first-order valence-corrected chi connectivity index (χ1v) is 16.1. The molecule has 0 saturated heterocycles. The number of amides is 3. The summed E-state index contributed by atoms with van der Waals surface area (Å²) in [4.78, 5) is 48.2. The zero-order valence-corrected chi connectivity index (χ0v) is 26.6. The van der Waals surface area contributed by atoms with Crippen LogP contribution in [0.3, 0.4) is 0 Å². The van der Waals surface area contributed by atoms with Gasteiger partial charge in [-0.15, -0.1) is 0 Å². The number of aromatic nitrogens is 1. The number of nitrogens with one attached hydrogen (secondary N) is 3. The van der Waals surface area contributed by atoms with E-state index in [4.69, 9.17) is 4.98 Å². The van der Waals surface area contributed by atoms with Crippen molar-refractivity contribution >= 4 is 40.1 Å². The maximum atomic E-state index is 13.5. The summed E-state index contributed by atoms with van der Waals surface area (Å²) in [5, 5.41) is 10.8. The van der Waals surface area contributed by atoms with Gasteiger partial charge in [0.2, 0.25) is 11.8 Å². The fraction of sp³-hybridized carbons (Fsp3) is 0.486. The normalized spacial score (nSPS) is 17.0. The van der Waals surface area contributed by atoms with Gasteiger partial charge in [0.05, 0.1) is 5.52 Å². The van der Waals surface area contributed by atoms with E-state index in [1.807, 2.05) is 52.2 Å². The van der Waals surface area contributed by atoms with Crippen molar-refractivity contribution in [3.05, 3.63) is 66.2 Å². The number of hydrogen-bond acceptors (Lipinski definition) is 6. The van der Waals surface area contributed by atoms with Crippen LogP contribution in [0, 0.1) is 0 Å². The Morgan fingerprint density at radius 2 is 1.52 bits per heavy atom. The van der Waals surface area contributed by atoms with Crippen LogP contribution < -0.4 is 20.9 Å². The summed E-state index contributed by atoms with van der Waals surface area (Å²) in [6, 6.07) is 18.8. The Morgan fingerprint density at radius 1 is 0.886 bits per heavy atom. The van der Waals surface area contributed by atoms with Crippen molar-refractivity contribution in [1.29, 1.82) is 0 Å². The summed E-state index contributed by atoms with van der Waals surface area (Å²) in [5.41, 5.74) is 2.59. The van der Waals surface area contributed by atoms with Gasteiger partial charge < -0.3 is 25.8 Å². The van der Waals surface area contributed by atoms with E-state index in [2.05, 4.69) is 33.0 Å². The van der Waals surface area contributed by atoms with Crippen molar-refractivity contribution in [1.82, 2.24) is 20.5 Å². The van der Waals surface area contributed by atoms with Gasteiger partial charge in [0, 0.05) is 68.4 Å². The lowest BCUT2D eigenvalue weighted by molar-refractivity contribution is -0.133. The molecule has 2 aromatic carbocycles. The number of para-hydroxylation sites is 1. The molecule has 1 atom stereocenters. The summed E-state index contributed by atoms with van der Waals surface area (Å²) < 4.78 is 0. The second-order valence-electron chi connectivity index (χ2n) is 12.0. The van der Waals surface area contributed by atoms with Crippen LogP contribution in [0.4, 0.5) is 11.5 Å². The maximum absolute atomic E-state index is 13.5. The average Bonchev–Trinajstić information content (AvgIpc) is 3.03. The Bertz CT molecular complexity index is 1380. The molecule has 0 unspecified atom stereocenters. The summed E-state index contributed by atoms with van der Waals surface area (Å²) in [6.07, 6.45) is 5.67. The first kappa shape index (κ1) is 32.8. The SMILES string of the molecule is CCCN(CCC)C(=O)[C@H](CCC(=O)N[C@H]1CC[C@@H](Nc2cc(N(C)C)c3ccccc3n2)CC1)NC(=O)c1ccccc1. The smallest absolute Gasteiger partial charge is 0.251 e. The van der Waals surface area contributed by atoms with Crippen molar-refractivity contribution in [3.63, 3.8) is 0 Å². The van der Waals surface area contributed by atoms with E-state index < -0.39 is 6.04 Å². The lowest BCUT2D eigenvalue weighted by Crippen LogP contribution is -2.49. The predicted octanol–water partition coefficient (Wildman–Crippen LogP) is 5.37. The van der Waals surface area contributed by atoms with E-state index >= 15 is 0 Å². The van der Waals surface area contributed by atoms with Crippen molar-refractivity contribution in [2.24, 2.45) is 0 Å². The second-order valence-corrected chi connectivity index (χ2v) is 12.0. The molecule has 0 spiro atoms. The Balaban J connectivity index is 1.31. The highest BCUT2D eigenvalue weighted by Crippen LogP contribution is 2.29. The summed E-state index contributed by atoms with van der Waals surface area (Å²) >= 11 is 0. The molecule has 0 bridgehead atoms. The number of nitrogens with zero attached hydrogens (tertiary/aromatic N) is 3. The van der Waals surface area contributed by atoms with Gasteiger partial charge in [0.15, 0.2) is 0 Å². The van der Waals surface area contributed by atoms with Crippen LogP contribution in [0.1, 0.15) is 75.6 Å². The van der Waals surface area contributed by atoms with Gasteiger partial charge in [0.1, 0.15) is 11.9 Å². The highest BCUT2D eigenvalue weighted by molar-refractivity contribution is 5.97. The van der Waals surface area contributed by atoms with Gasteiger partial charge in [-0.05, 0) is 63.1 Å². The number of benzene rings is 2. The molecule has 1 aromatic heterocycles. The van der Waals surface area contributed by atoms with Crippen molar-refractivity contribution in [2.45, 2.75) is 83.3 Å². The second kappa shape index (κ2) is 16.1. The van der Waals surface area contributed by atoms with Crippen molar-refractivity contribution < 1.29 is 14.4 Å². The van der Waals surface area contributed by atoms with Crippen LogP contribution in [-0.2, 0) is 9.59 Å². The number of rotatable bonds is 14. The fourth-order valence-corrected chi connectivity index (χ4v) is 5.95. The van der Waals surface area contributed by atoms with Gasteiger partial charge in [0.25, 0.3) is 5.91 Å². The molecule has 236 valence electrons. The molecule has 1 saturated carbocycles. The quantitative estimate of drug-likeness (QED) is 0.230. The Kier molecular flexibility index (Phi) is 12.0.